The molecule has 1 amide bonds. The first kappa shape index (κ1) is 18.7. The zero-order chi connectivity index (χ0) is 21.2. The van der Waals surface area contributed by atoms with E-state index < -0.39 is 0 Å². The molecule has 2 unspecified atom stereocenters. The lowest BCUT2D eigenvalue weighted by molar-refractivity contribution is -0.131. The number of pyridine rings is 1. The molecular weight excluding hydrogens is 392 g/mol. The minimum Gasteiger partial charge on any atom is -0.349 e. The lowest BCUT2D eigenvalue weighted by atomic mass is 9.50. The van der Waals surface area contributed by atoms with E-state index >= 15 is 0 Å². The number of nitrogens with zero attached hydrogens (tertiary/aromatic N) is 5. The molecule has 0 aliphatic heterocycles. The third-order valence-electron chi connectivity index (χ3n) is 7.74. The van der Waals surface area contributed by atoms with Crippen molar-refractivity contribution in [2.75, 3.05) is 0 Å². The summed E-state index contributed by atoms with van der Waals surface area (Å²) in [7, 11) is 0. The predicted molar refractivity (Wildman–Crippen MR) is 114 cm³/mol. The number of aromatic nitrogens is 5. The maximum absolute atomic E-state index is 13.3. The Balaban J connectivity index is 1.30. The average molecular weight is 419 g/mol. The molecule has 160 valence electrons. The van der Waals surface area contributed by atoms with Gasteiger partial charge in [0.1, 0.15) is 6.54 Å². The summed E-state index contributed by atoms with van der Waals surface area (Å²) in [6.45, 7) is 2.09. The van der Waals surface area contributed by atoms with Crippen LogP contribution in [-0.4, -0.2) is 36.2 Å². The number of carbonyl (C=O) groups excluding carboxylic acids is 1. The van der Waals surface area contributed by atoms with E-state index in [4.69, 9.17) is 0 Å². The summed E-state index contributed by atoms with van der Waals surface area (Å²) in [4.78, 5) is 27.5. The minimum atomic E-state index is -0.211. The van der Waals surface area contributed by atoms with Gasteiger partial charge in [0.05, 0.1) is 11.1 Å². The topological polar surface area (TPSA) is 94.7 Å². The number of fused-ring (bicyclic) bond motifs is 1. The van der Waals surface area contributed by atoms with Gasteiger partial charge >= 0.3 is 0 Å². The van der Waals surface area contributed by atoms with Crippen LogP contribution >= 0.6 is 0 Å². The van der Waals surface area contributed by atoms with Gasteiger partial charge in [0.25, 0.3) is 0 Å². The lowest BCUT2D eigenvalue weighted by Gasteiger charge is -2.61. The van der Waals surface area contributed by atoms with Gasteiger partial charge in [-0.25, -0.2) is 0 Å². The van der Waals surface area contributed by atoms with Crippen LogP contribution in [0, 0.1) is 18.8 Å². The van der Waals surface area contributed by atoms with Gasteiger partial charge in [0.2, 0.25) is 5.91 Å². The Labute approximate surface area is 179 Å². The van der Waals surface area contributed by atoms with Crippen LogP contribution in [0.15, 0.2) is 41.5 Å². The Morgan fingerprint density at radius 2 is 1.97 bits per heavy atom. The van der Waals surface area contributed by atoms with E-state index in [2.05, 4.69) is 20.7 Å². The van der Waals surface area contributed by atoms with E-state index in [1.807, 2.05) is 40.6 Å². The van der Waals surface area contributed by atoms with Crippen molar-refractivity contribution >= 4 is 16.8 Å². The summed E-state index contributed by atoms with van der Waals surface area (Å²) in [5.41, 5.74) is 1.25. The van der Waals surface area contributed by atoms with Crippen molar-refractivity contribution in [3.63, 3.8) is 0 Å². The summed E-state index contributed by atoms with van der Waals surface area (Å²) in [6, 6.07) is 9.11. The number of hydrogen-bond acceptors (Lipinski definition) is 5. The molecule has 4 aliphatic rings. The van der Waals surface area contributed by atoms with E-state index in [0.717, 1.165) is 43.3 Å². The van der Waals surface area contributed by atoms with Crippen molar-refractivity contribution < 1.29 is 4.79 Å². The van der Waals surface area contributed by atoms with Crippen molar-refractivity contribution in [1.82, 2.24) is 30.1 Å². The Morgan fingerprint density at radius 1 is 1.19 bits per heavy atom. The Kier molecular flexibility index (Phi) is 3.91. The van der Waals surface area contributed by atoms with Crippen molar-refractivity contribution in [2.24, 2.45) is 11.8 Å². The summed E-state index contributed by atoms with van der Waals surface area (Å²) in [5, 5.41) is 16.7. The number of amides is 1. The molecular formula is C23H26N6O2. The number of aryl methyl sites for hydroxylation is 1. The lowest BCUT2D eigenvalue weighted by Crippen LogP contribution is -2.66. The number of nitrogens with one attached hydrogen (secondary N) is 1. The van der Waals surface area contributed by atoms with Crippen molar-refractivity contribution in [2.45, 2.75) is 63.1 Å². The third-order valence-corrected chi connectivity index (χ3v) is 7.74. The van der Waals surface area contributed by atoms with Crippen LogP contribution < -0.4 is 10.7 Å². The Hall–Kier alpha value is -3.03. The second kappa shape index (κ2) is 6.48. The third kappa shape index (κ3) is 2.91. The van der Waals surface area contributed by atoms with E-state index in [9.17, 15) is 9.59 Å². The molecule has 4 bridgehead atoms. The smallest absolute Gasteiger partial charge is 0.240 e. The average Bonchev–Trinajstić information content (AvgIpc) is 3.26. The van der Waals surface area contributed by atoms with Crippen LogP contribution in [0.4, 0.5) is 0 Å². The molecule has 1 aromatic carbocycles. The largest absolute Gasteiger partial charge is 0.349 e. The first-order chi connectivity index (χ1) is 15.0. The Morgan fingerprint density at radius 3 is 2.71 bits per heavy atom. The highest BCUT2D eigenvalue weighted by Crippen LogP contribution is 2.60. The normalized spacial score (nSPS) is 31.3. The minimum absolute atomic E-state index is 0.000511. The van der Waals surface area contributed by atoms with Crippen molar-refractivity contribution in [1.29, 1.82) is 0 Å². The number of carbonyl (C=O) groups is 1. The van der Waals surface area contributed by atoms with Gasteiger partial charge in [-0.05, 0) is 74.6 Å². The van der Waals surface area contributed by atoms with Gasteiger partial charge in [0.15, 0.2) is 11.8 Å². The predicted octanol–water partition coefficient (Wildman–Crippen LogP) is 2.16. The van der Waals surface area contributed by atoms with Crippen molar-refractivity contribution in [3.05, 3.63) is 52.6 Å². The van der Waals surface area contributed by atoms with Gasteiger partial charge in [-0.2, -0.15) is 4.80 Å². The van der Waals surface area contributed by atoms with E-state index in [-0.39, 0.29) is 29.0 Å². The second-order valence-electron chi connectivity index (χ2n) is 9.99. The highest BCUT2D eigenvalue weighted by atomic mass is 16.2. The number of benzene rings is 1. The van der Waals surface area contributed by atoms with Crippen LogP contribution in [-0.2, 0) is 16.9 Å². The summed E-state index contributed by atoms with van der Waals surface area (Å²) in [5.74, 6) is 1.17. The van der Waals surface area contributed by atoms with Gasteiger partial charge in [0, 0.05) is 22.7 Å². The molecule has 31 heavy (non-hydrogen) atoms. The molecule has 0 spiro atoms. The monoisotopic (exact) mass is 418 g/mol. The number of hydrogen-bond donors (Lipinski definition) is 1. The number of tetrazole rings is 1. The summed E-state index contributed by atoms with van der Waals surface area (Å²) >= 11 is 0. The van der Waals surface area contributed by atoms with Crippen LogP contribution in [0.3, 0.4) is 0 Å². The quantitative estimate of drug-likeness (QED) is 0.701. The highest BCUT2D eigenvalue weighted by molar-refractivity contribution is 5.83. The summed E-state index contributed by atoms with van der Waals surface area (Å²) < 4.78 is 1.95. The zero-order valence-corrected chi connectivity index (χ0v) is 17.6. The number of para-hydroxylation sites is 1. The first-order valence-electron chi connectivity index (χ1n) is 11.1. The Bertz CT molecular complexity index is 1220. The molecule has 3 aromatic rings. The van der Waals surface area contributed by atoms with Crippen LogP contribution in [0.1, 0.15) is 44.2 Å². The van der Waals surface area contributed by atoms with Gasteiger partial charge in [-0.15, -0.1) is 10.2 Å². The molecule has 2 atom stereocenters. The van der Waals surface area contributed by atoms with E-state index in [1.54, 1.807) is 6.07 Å². The molecule has 0 radical (unpaired) electrons. The van der Waals surface area contributed by atoms with Crippen molar-refractivity contribution in [3.8, 4) is 0 Å². The number of rotatable bonds is 4. The maximum atomic E-state index is 13.3. The van der Waals surface area contributed by atoms with E-state index in [0.29, 0.717) is 17.2 Å². The molecule has 2 aromatic heterocycles. The summed E-state index contributed by atoms with van der Waals surface area (Å²) in [6.07, 6.45) is 7.79. The fourth-order valence-electron chi connectivity index (χ4n) is 7.12. The first-order valence-corrected chi connectivity index (χ1v) is 11.1. The second-order valence-corrected chi connectivity index (χ2v) is 9.99. The van der Waals surface area contributed by atoms with E-state index in [1.165, 1.54) is 12.7 Å². The van der Waals surface area contributed by atoms with Gasteiger partial charge < -0.3 is 9.88 Å². The van der Waals surface area contributed by atoms with Crippen LogP contribution in [0.25, 0.3) is 10.9 Å². The molecule has 4 fully saturated rings. The standard InChI is InChI=1S/C23H26N6O2/c1-15-6-20(30)18-4-2-3-5-19(18)28(15)12-21(31)26-22-8-16-7-17(9-22)11-23(10-16,13-22)29-25-14-24-27-29/h2-6,14,16-17H,7-13H2,1H3,(H,26,31). The zero-order valence-electron chi connectivity index (χ0n) is 17.6. The molecule has 0 saturated heterocycles. The SMILES string of the molecule is Cc1cc(=O)c2ccccc2n1CC(=O)NC12CC3CC(C1)CC(n1ncnn1)(C3)C2. The highest BCUT2D eigenvalue weighted by Gasteiger charge is 2.60. The van der Waals surface area contributed by atoms with Gasteiger partial charge in [-0.1, -0.05) is 12.1 Å². The molecule has 4 aliphatic carbocycles. The molecule has 8 nitrogen and oxygen atoms in total. The molecule has 4 saturated carbocycles. The molecule has 1 N–H and O–H groups in total. The van der Waals surface area contributed by atoms with Gasteiger partial charge in [-0.3, -0.25) is 9.59 Å². The van der Waals surface area contributed by atoms with Crippen LogP contribution in [0.2, 0.25) is 0 Å². The fourth-order valence-corrected chi connectivity index (χ4v) is 7.12. The molecule has 2 heterocycles. The molecule has 8 heteroatoms. The molecule has 7 rings (SSSR count). The van der Waals surface area contributed by atoms with Crippen LogP contribution in [0.5, 0.6) is 0 Å². The maximum Gasteiger partial charge on any atom is 0.240 e. The fraction of sp³-hybridized carbons (Fsp3) is 0.522.